The number of aryl methyl sites for hydroxylation is 1. The molecule has 15 heavy (non-hydrogen) atoms. The number of hydrogen-bond acceptors (Lipinski definition) is 3. The van der Waals surface area contributed by atoms with Crippen LogP contribution in [-0.2, 0) is 4.74 Å². The van der Waals surface area contributed by atoms with E-state index in [9.17, 15) is 0 Å². The van der Waals surface area contributed by atoms with Crippen molar-refractivity contribution in [2.75, 3.05) is 18.1 Å². The zero-order valence-electron chi connectivity index (χ0n) is 9.62. The fourth-order valence-corrected chi connectivity index (χ4v) is 2.12. The molecule has 0 bridgehead atoms. The van der Waals surface area contributed by atoms with Crippen molar-refractivity contribution in [2.45, 2.75) is 31.8 Å². The van der Waals surface area contributed by atoms with Crippen LogP contribution in [-0.4, -0.2) is 18.5 Å². The number of rotatable bonds is 5. The van der Waals surface area contributed by atoms with Crippen LogP contribution in [0, 0.1) is 6.92 Å². The van der Waals surface area contributed by atoms with E-state index in [0.717, 1.165) is 18.0 Å². The van der Waals surface area contributed by atoms with Crippen LogP contribution in [0.3, 0.4) is 0 Å². The Morgan fingerprint density at radius 1 is 1.40 bits per heavy atom. The average molecular weight is 225 g/mol. The molecule has 3 heteroatoms. The molecule has 84 valence electrons. The highest BCUT2D eigenvalue weighted by Gasteiger charge is 2.00. The largest absolute Gasteiger partial charge is 0.399 e. The summed E-state index contributed by atoms with van der Waals surface area (Å²) in [5.74, 6) is 0.975. The van der Waals surface area contributed by atoms with Crippen molar-refractivity contribution >= 4 is 17.4 Å². The van der Waals surface area contributed by atoms with Gasteiger partial charge in [-0.05, 0) is 38.5 Å². The van der Waals surface area contributed by atoms with Gasteiger partial charge in [-0.1, -0.05) is 6.07 Å². The van der Waals surface area contributed by atoms with Gasteiger partial charge in [0.05, 0.1) is 12.7 Å². The van der Waals surface area contributed by atoms with Crippen LogP contribution < -0.4 is 5.73 Å². The summed E-state index contributed by atoms with van der Waals surface area (Å²) >= 11 is 1.80. The van der Waals surface area contributed by atoms with E-state index in [1.807, 2.05) is 12.1 Å². The molecule has 0 fully saturated rings. The summed E-state index contributed by atoms with van der Waals surface area (Å²) in [4.78, 5) is 1.25. The minimum atomic E-state index is 0.313. The highest BCUT2D eigenvalue weighted by molar-refractivity contribution is 7.99. The molecule has 1 aromatic rings. The normalized spacial score (nSPS) is 10.9. The second-order valence-electron chi connectivity index (χ2n) is 3.79. The van der Waals surface area contributed by atoms with Gasteiger partial charge in [-0.25, -0.2) is 0 Å². The smallest absolute Gasteiger partial charge is 0.0563 e. The van der Waals surface area contributed by atoms with E-state index in [-0.39, 0.29) is 0 Å². The zero-order chi connectivity index (χ0) is 11.3. The number of hydrogen-bond donors (Lipinski definition) is 1. The van der Waals surface area contributed by atoms with Crippen molar-refractivity contribution in [2.24, 2.45) is 0 Å². The van der Waals surface area contributed by atoms with Crippen molar-refractivity contribution in [1.82, 2.24) is 0 Å². The number of anilines is 1. The van der Waals surface area contributed by atoms with E-state index in [0.29, 0.717) is 6.10 Å². The van der Waals surface area contributed by atoms with Gasteiger partial charge in [0, 0.05) is 16.3 Å². The van der Waals surface area contributed by atoms with Gasteiger partial charge in [-0.2, -0.15) is 0 Å². The molecule has 1 rings (SSSR count). The van der Waals surface area contributed by atoms with E-state index >= 15 is 0 Å². The Hall–Kier alpha value is -0.670. The summed E-state index contributed by atoms with van der Waals surface area (Å²) in [6, 6.07) is 6.01. The second-order valence-corrected chi connectivity index (χ2v) is 4.93. The molecule has 1 aromatic carbocycles. The molecule has 0 aliphatic carbocycles. The Morgan fingerprint density at radius 3 is 2.80 bits per heavy atom. The third-order valence-corrected chi connectivity index (χ3v) is 3.13. The lowest BCUT2D eigenvalue weighted by molar-refractivity contribution is 0.0920. The van der Waals surface area contributed by atoms with Gasteiger partial charge >= 0.3 is 0 Å². The Balaban J connectivity index is 2.40. The van der Waals surface area contributed by atoms with E-state index in [1.165, 1.54) is 10.5 Å². The molecule has 0 amide bonds. The lowest BCUT2D eigenvalue weighted by Gasteiger charge is -2.09. The number of nitrogen functional groups attached to an aromatic ring is 1. The SMILES string of the molecule is Cc1ccc(N)cc1SCCOC(C)C. The minimum absolute atomic E-state index is 0.313. The van der Waals surface area contributed by atoms with Gasteiger partial charge < -0.3 is 10.5 Å². The quantitative estimate of drug-likeness (QED) is 0.475. The van der Waals surface area contributed by atoms with Crippen molar-refractivity contribution < 1.29 is 4.74 Å². The Morgan fingerprint density at radius 2 is 2.13 bits per heavy atom. The molecule has 2 N–H and O–H groups in total. The van der Waals surface area contributed by atoms with Gasteiger partial charge in [-0.15, -0.1) is 11.8 Å². The first-order valence-corrected chi connectivity index (χ1v) is 6.18. The van der Waals surface area contributed by atoms with Crippen LogP contribution in [0.5, 0.6) is 0 Å². The first-order valence-electron chi connectivity index (χ1n) is 5.20. The lowest BCUT2D eigenvalue weighted by atomic mass is 10.2. The maximum absolute atomic E-state index is 5.74. The Bertz CT molecular complexity index is 312. The van der Waals surface area contributed by atoms with Crippen LogP contribution >= 0.6 is 11.8 Å². The molecule has 0 heterocycles. The molecule has 0 spiro atoms. The van der Waals surface area contributed by atoms with Crippen LogP contribution in [0.25, 0.3) is 0 Å². The Labute approximate surface area is 96.2 Å². The second kappa shape index (κ2) is 6.03. The summed E-state index contributed by atoms with van der Waals surface area (Å²) < 4.78 is 5.48. The van der Waals surface area contributed by atoms with Gasteiger partial charge in [0.2, 0.25) is 0 Å². The topological polar surface area (TPSA) is 35.2 Å². The third kappa shape index (κ3) is 4.58. The van der Waals surface area contributed by atoms with Crippen molar-refractivity contribution in [3.8, 4) is 0 Å². The minimum Gasteiger partial charge on any atom is -0.399 e. The van der Waals surface area contributed by atoms with Crippen LogP contribution in [0.15, 0.2) is 23.1 Å². The Kier molecular flexibility index (Phi) is 4.99. The molecule has 2 nitrogen and oxygen atoms in total. The monoisotopic (exact) mass is 225 g/mol. The van der Waals surface area contributed by atoms with Gasteiger partial charge in [0.1, 0.15) is 0 Å². The first kappa shape index (κ1) is 12.4. The van der Waals surface area contributed by atoms with E-state index in [2.05, 4.69) is 26.8 Å². The molecule has 0 radical (unpaired) electrons. The highest BCUT2D eigenvalue weighted by atomic mass is 32.2. The van der Waals surface area contributed by atoms with E-state index < -0.39 is 0 Å². The molecular weight excluding hydrogens is 206 g/mol. The third-order valence-electron chi connectivity index (χ3n) is 2.00. The predicted molar refractivity (Wildman–Crippen MR) is 67.4 cm³/mol. The average Bonchev–Trinajstić information content (AvgIpc) is 2.17. The van der Waals surface area contributed by atoms with Crippen LogP contribution in [0.2, 0.25) is 0 Å². The molecular formula is C12H19NOS. The molecule has 0 atom stereocenters. The number of nitrogens with two attached hydrogens (primary N) is 1. The summed E-state index contributed by atoms with van der Waals surface area (Å²) in [5.41, 5.74) is 7.84. The van der Waals surface area contributed by atoms with Gasteiger partial charge in [0.15, 0.2) is 0 Å². The lowest BCUT2D eigenvalue weighted by Crippen LogP contribution is -2.05. The first-order chi connectivity index (χ1) is 7.09. The van der Waals surface area contributed by atoms with Crippen molar-refractivity contribution in [3.63, 3.8) is 0 Å². The van der Waals surface area contributed by atoms with E-state index in [1.54, 1.807) is 11.8 Å². The molecule has 0 saturated heterocycles. The number of benzene rings is 1. The standard InChI is InChI=1S/C12H19NOS/c1-9(2)14-6-7-15-12-8-11(13)5-4-10(12)3/h4-5,8-9H,6-7,13H2,1-3H3. The van der Waals surface area contributed by atoms with E-state index in [4.69, 9.17) is 10.5 Å². The summed E-state index contributed by atoms with van der Waals surface area (Å²) in [7, 11) is 0. The molecule has 0 aromatic heterocycles. The number of thioether (sulfide) groups is 1. The van der Waals surface area contributed by atoms with Gasteiger partial charge in [0.25, 0.3) is 0 Å². The molecule has 0 aliphatic heterocycles. The van der Waals surface area contributed by atoms with Crippen molar-refractivity contribution in [1.29, 1.82) is 0 Å². The molecule has 0 aliphatic rings. The predicted octanol–water partition coefficient (Wildman–Crippen LogP) is 3.09. The van der Waals surface area contributed by atoms with Crippen LogP contribution in [0.1, 0.15) is 19.4 Å². The summed E-state index contributed by atoms with van der Waals surface area (Å²) in [6.45, 7) is 6.99. The number of ether oxygens (including phenoxy) is 1. The van der Waals surface area contributed by atoms with Crippen molar-refractivity contribution in [3.05, 3.63) is 23.8 Å². The molecule has 0 saturated carbocycles. The van der Waals surface area contributed by atoms with Gasteiger partial charge in [-0.3, -0.25) is 0 Å². The maximum Gasteiger partial charge on any atom is 0.0563 e. The summed E-state index contributed by atoms with van der Waals surface area (Å²) in [5, 5.41) is 0. The highest BCUT2D eigenvalue weighted by Crippen LogP contribution is 2.24. The fourth-order valence-electron chi connectivity index (χ4n) is 1.21. The summed E-state index contributed by atoms with van der Waals surface area (Å²) in [6.07, 6.45) is 0.313. The van der Waals surface area contributed by atoms with Crippen LogP contribution in [0.4, 0.5) is 5.69 Å². The zero-order valence-corrected chi connectivity index (χ0v) is 10.4. The fraction of sp³-hybridized carbons (Fsp3) is 0.500. The molecule has 0 unspecified atom stereocenters. The maximum atomic E-state index is 5.74.